The van der Waals surface area contributed by atoms with Gasteiger partial charge in [-0.05, 0) is 37.6 Å². The summed E-state index contributed by atoms with van der Waals surface area (Å²) in [5, 5.41) is 0. The minimum Gasteiger partial charge on any atom is -0.439 e. The molecular formula is C14H16FN3O. The fourth-order valence-corrected chi connectivity index (χ4v) is 1.61. The van der Waals surface area contributed by atoms with Gasteiger partial charge in [0.1, 0.15) is 23.2 Å². The maximum Gasteiger partial charge on any atom is 0.227 e. The molecule has 5 heteroatoms. The first-order chi connectivity index (χ1) is 9.10. The van der Waals surface area contributed by atoms with Crippen molar-refractivity contribution in [2.75, 3.05) is 5.73 Å². The first kappa shape index (κ1) is 13.3. The van der Waals surface area contributed by atoms with E-state index in [4.69, 9.17) is 10.5 Å². The van der Waals surface area contributed by atoms with E-state index in [1.807, 2.05) is 6.92 Å². The lowest BCUT2D eigenvalue weighted by molar-refractivity contribution is 0.453. The second-order valence-corrected chi connectivity index (χ2v) is 4.26. The summed E-state index contributed by atoms with van der Waals surface area (Å²) in [6, 6.07) is 5.77. The van der Waals surface area contributed by atoms with E-state index in [1.165, 1.54) is 12.1 Å². The molecule has 1 aromatic carbocycles. The van der Waals surface area contributed by atoms with Gasteiger partial charge in [-0.3, -0.25) is 0 Å². The molecule has 0 radical (unpaired) electrons. The van der Waals surface area contributed by atoms with Gasteiger partial charge < -0.3 is 10.5 Å². The molecule has 4 nitrogen and oxygen atoms in total. The quantitative estimate of drug-likeness (QED) is 0.917. The number of benzene rings is 1. The van der Waals surface area contributed by atoms with Crippen LogP contribution in [0, 0.1) is 12.7 Å². The van der Waals surface area contributed by atoms with Crippen LogP contribution in [0.1, 0.15) is 24.7 Å². The molecular weight excluding hydrogens is 245 g/mol. The lowest BCUT2D eigenvalue weighted by atomic mass is 10.3. The van der Waals surface area contributed by atoms with Crippen molar-refractivity contribution in [2.45, 2.75) is 26.7 Å². The highest BCUT2D eigenvalue weighted by Gasteiger charge is 2.10. The Kier molecular flexibility index (Phi) is 3.94. The minimum atomic E-state index is -0.307. The van der Waals surface area contributed by atoms with Crippen LogP contribution in [0.3, 0.4) is 0 Å². The number of aromatic nitrogens is 2. The highest BCUT2D eigenvalue weighted by Crippen LogP contribution is 2.26. The first-order valence-electron chi connectivity index (χ1n) is 6.16. The van der Waals surface area contributed by atoms with E-state index in [9.17, 15) is 4.39 Å². The van der Waals surface area contributed by atoms with Gasteiger partial charge in [0, 0.05) is 6.42 Å². The number of hydrogen-bond donors (Lipinski definition) is 1. The van der Waals surface area contributed by atoms with Crippen LogP contribution < -0.4 is 10.5 Å². The average molecular weight is 261 g/mol. The first-order valence-corrected chi connectivity index (χ1v) is 6.16. The highest BCUT2D eigenvalue weighted by atomic mass is 19.1. The lowest BCUT2D eigenvalue weighted by Gasteiger charge is -2.10. The van der Waals surface area contributed by atoms with Gasteiger partial charge in [-0.2, -0.15) is 4.98 Å². The fraction of sp³-hybridized carbons (Fsp3) is 0.286. The number of nitrogens with zero attached hydrogens (tertiary/aromatic N) is 2. The molecule has 0 saturated heterocycles. The number of aryl methyl sites for hydroxylation is 1. The highest BCUT2D eigenvalue weighted by molar-refractivity contribution is 5.45. The molecule has 0 atom stereocenters. The maximum absolute atomic E-state index is 12.8. The van der Waals surface area contributed by atoms with E-state index in [0.29, 0.717) is 28.8 Å². The Hall–Kier alpha value is -2.17. The molecule has 0 fully saturated rings. The van der Waals surface area contributed by atoms with Crippen molar-refractivity contribution in [3.8, 4) is 11.6 Å². The molecule has 0 bridgehead atoms. The number of nitrogens with two attached hydrogens (primary N) is 1. The standard InChI is InChI=1S/C14H16FN3O/c1-3-4-12-17-13(16)9(2)14(18-12)19-11-7-5-10(15)6-8-11/h5-8H,3-4H2,1-2H3,(H2,16,17,18). The predicted molar refractivity (Wildman–Crippen MR) is 71.7 cm³/mol. The van der Waals surface area contributed by atoms with Crippen molar-refractivity contribution in [1.29, 1.82) is 0 Å². The van der Waals surface area contributed by atoms with Gasteiger partial charge in [-0.25, -0.2) is 9.37 Å². The van der Waals surface area contributed by atoms with Crippen LogP contribution in [0.5, 0.6) is 11.6 Å². The molecule has 0 aliphatic rings. The normalized spacial score (nSPS) is 10.5. The molecule has 0 spiro atoms. The molecule has 2 rings (SSSR count). The summed E-state index contributed by atoms with van der Waals surface area (Å²) >= 11 is 0. The number of rotatable bonds is 4. The average Bonchev–Trinajstić information content (AvgIpc) is 2.38. The van der Waals surface area contributed by atoms with Gasteiger partial charge >= 0.3 is 0 Å². The molecule has 0 aliphatic carbocycles. The van der Waals surface area contributed by atoms with Gasteiger partial charge in [0.15, 0.2) is 0 Å². The third kappa shape index (κ3) is 3.19. The van der Waals surface area contributed by atoms with Crippen molar-refractivity contribution < 1.29 is 9.13 Å². The monoisotopic (exact) mass is 261 g/mol. The van der Waals surface area contributed by atoms with Crippen LogP contribution in [-0.2, 0) is 6.42 Å². The molecule has 0 aliphatic heterocycles. The Balaban J connectivity index is 2.30. The van der Waals surface area contributed by atoms with E-state index in [-0.39, 0.29) is 5.82 Å². The molecule has 2 aromatic rings. The van der Waals surface area contributed by atoms with Crippen molar-refractivity contribution in [3.05, 3.63) is 41.5 Å². The largest absolute Gasteiger partial charge is 0.439 e. The zero-order chi connectivity index (χ0) is 13.8. The van der Waals surface area contributed by atoms with Crippen molar-refractivity contribution in [2.24, 2.45) is 0 Å². The number of nitrogen functional groups attached to an aromatic ring is 1. The molecule has 0 unspecified atom stereocenters. The van der Waals surface area contributed by atoms with Gasteiger partial charge in [0.2, 0.25) is 5.88 Å². The maximum atomic E-state index is 12.8. The molecule has 1 heterocycles. The lowest BCUT2D eigenvalue weighted by Crippen LogP contribution is -2.05. The van der Waals surface area contributed by atoms with Crippen LogP contribution in [0.15, 0.2) is 24.3 Å². The van der Waals surface area contributed by atoms with Crippen LogP contribution >= 0.6 is 0 Å². The molecule has 1 aromatic heterocycles. The van der Waals surface area contributed by atoms with Gasteiger partial charge in [-0.15, -0.1) is 0 Å². The number of anilines is 1. The molecule has 100 valence electrons. The van der Waals surface area contributed by atoms with Crippen molar-refractivity contribution >= 4 is 5.82 Å². The Labute approximate surface area is 111 Å². The Morgan fingerprint density at radius 3 is 2.53 bits per heavy atom. The van der Waals surface area contributed by atoms with E-state index >= 15 is 0 Å². The Bertz CT molecular complexity index is 570. The predicted octanol–water partition coefficient (Wildman–Crippen LogP) is 3.25. The van der Waals surface area contributed by atoms with Crippen LogP contribution in [0.4, 0.5) is 10.2 Å². The van der Waals surface area contributed by atoms with Crippen LogP contribution in [0.25, 0.3) is 0 Å². The van der Waals surface area contributed by atoms with E-state index in [0.717, 1.165) is 12.8 Å². The molecule has 0 amide bonds. The molecule has 19 heavy (non-hydrogen) atoms. The fourth-order valence-electron chi connectivity index (χ4n) is 1.61. The summed E-state index contributed by atoms with van der Waals surface area (Å²) in [6.45, 7) is 3.84. The minimum absolute atomic E-state index is 0.307. The smallest absolute Gasteiger partial charge is 0.227 e. The van der Waals surface area contributed by atoms with E-state index in [1.54, 1.807) is 19.1 Å². The van der Waals surface area contributed by atoms with Crippen molar-refractivity contribution in [3.63, 3.8) is 0 Å². The van der Waals surface area contributed by atoms with Crippen molar-refractivity contribution in [1.82, 2.24) is 9.97 Å². The SMILES string of the molecule is CCCc1nc(N)c(C)c(Oc2ccc(F)cc2)n1. The molecule has 0 saturated carbocycles. The van der Waals surface area contributed by atoms with Gasteiger partial charge in [-0.1, -0.05) is 6.92 Å². The zero-order valence-electron chi connectivity index (χ0n) is 11.0. The summed E-state index contributed by atoms with van der Waals surface area (Å²) in [6.07, 6.45) is 1.67. The third-order valence-corrected chi connectivity index (χ3v) is 2.69. The van der Waals surface area contributed by atoms with Crippen LogP contribution in [-0.4, -0.2) is 9.97 Å². The zero-order valence-corrected chi connectivity index (χ0v) is 11.0. The van der Waals surface area contributed by atoms with Gasteiger partial charge in [0.25, 0.3) is 0 Å². The summed E-state index contributed by atoms with van der Waals surface area (Å²) < 4.78 is 18.5. The topological polar surface area (TPSA) is 61.0 Å². The summed E-state index contributed by atoms with van der Waals surface area (Å²) in [4.78, 5) is 8.54. The number of ether oxygens (including phenoxy) is 1. The summed E-state index contributed by atoms with van der Waals surface area (Å²) in [7, 11) is 0. The number of halogens is 1. The number of hydrogen-bond acceptors (Lipinski definition) is 4. The second kappa shape index (κ2) is 5.65. The van der Waals surface area contributed by atoms with E-state index < -0.39 is 0 Å². The second-order valence-electron chi connectivity index (χ2n) is 4.26. The molecule has 2 N–H and O–H groups in total. The van der Waals surface area contributed by atoms with Gasteiger partial charge in [0.05, 0.1) is 5.56 Å². The Morgan fingerprint density at radius 1 is 1.21 bits per heavy atom. The summed E-state index contributed by atoms with van der Waals surface area (Å²) in [5.74, 6) is 1.70. The third-order valence-electron chi connectivity index (χ3n) is 2.69. The van der Waals surface area contributed by atoms with Crippen LogP contribution in [0.2, 0.25) is 0 Å². The summed E-state index contributed by atoms with van der Waals surface area (Å²) in [5.41, 5.74) is 6.52. The Morgan fingerprint density at radius 2 is 1.89 bits per heavy atom. The van der Waals surface area contributed by atoms with E-state index in [2.05, 4.69) is 9.97 Å².